The number of methoxy groups -OCH3 is 2. The lowest BCUT2D eigenvalue weighted by Gasteiger charge is -2.53. The van der Waals surface area contributed by atoms with Crippen LogP contribution in [-0.4, -0.2) is 200 Å². The first-order valence-corrected chi connectivity index (χ1v) is 43.5. The molecule has 0 aromatic heterocycles. The summed E-state index contributed by atoms with van der Waals surface area (Å²) < 4.78 is 105. The number of hydrogen-bond acceptors (Lipinski definition) is 16. The van der Waals surface area contributed by atoms with Crippen molar-refractivity contribution in [3.05, 3.63) is 141 Å². The number of hydrogen-bond donors (Lipinski definition) is 2. The molecular formula is C83H113Cl2FN8O10S2. The van der Waals surface area contributed by atoms with E-state index in [1.165, 1.54) is 11.1 Å². The first kappa shape index (κ1) is 77.4. The Morgan fingerprint density at radius 2 is 1.22 bits per heavy atom. The van der Waals surface area contributed by atoms with Crippen LogP contribution in [0.1, 0.15) is 167 Å². The number of aryl methyl sites for hydroxylation is 2. The molecule has 10 aliphatic rings. The molecule has 2 amide bonds. The molecule has 2 N–H and O–H groups in total. The molecule has 0 radical (unpaired) electrons. The number of carbonyl (C=O) groups is 2. The van der Waals surface area contributed by atoms with E-state index >= 15 is 4.39 Å². The molecule has 14 rings (SSSR count). The van der Waals surface area contributed by atoms with E-state index in [9.17, 15) is 26.4 Å². The van der Waals surface area contributed by atoms with E-state index in [4.69, 9.17) is 42.1 Å². The number of sulfonamides is 2. The lowest BCUT2D eigenvalue weighted by atomic mass is 9.63. The Bertz CT molecular complexity index is 4150. The summed E-state index contributed by atoms with van der Waals surface area (Å²) in [5, 5.41) is -0.370. The molecule has 4 aromatic rings. The van der Waals surface area contributed by atoms with Gasteiger partial charge in [0.15, 0.2) is 0 Å². The molecule has 5 fully saturated rings. The molecule has 18 nitrogen and oxygen atoms in total. The summed E-state index contributed by atoms with van der Waals surface area (Å²) in [7, 11) is -4.54. The van der Waals surface area contributed by atoms with Gasteiger partial charge in [-0.3, -0.25) is 29.2 Å². The number of anilines is 2. The van der Waals surface area contributed by atoms with Crippen molar-refractivity contribution >= 4 is 66.4 Å². The third kappa shape index (κ3) is 16.1. The van der Waals surface area contributed by atoms with Gasteiger partial charge in [-0.2, -0.15) is 0 Å². The zero-order valence-corrected chi connectivity index (χ0v) is 66.4. The van der Waals surface area contributed by atoms with E-state index in [0.29, 0.717) is 99.5 Å². The van der Waals surface area contributed by atoms with Gasteiger partial charge in [-0.15, -0.1) is 0 Å². The highest BCUT2D eigenvalue weighted by atomic mass is 35.5. The molecule has 23 heteroatoms. The summed E-state index contributed by atoms with van der Waals surface area (Å²) in [4.78, 5) is 43.7. The van der Waals surface area contributed by atoms with E-state index < -0.39 is 65.1 Å². The first-order valence-electron chi connectivity index (χ1n) is 39.6. The molecule has 106 heavy (non-hydrogen) atoms. The quantitative estimate of drug-likeness (QED) is 0.151. The highest BCUT2D eigenvalue weighted by molar-refractivity contribution is 7.91. The number of rotatable bonds is 9. The Labute approximate surface area is 639 Å². The van der Waals surface area contributed by atoms with E-state index in [2.05, 4.69) is 82.2 Å². The molecule has 4 aromatic carbocycles. The Kier molecular flexibility index (Phi) is 23.5. The minimum absolute atomic E-state index is 0.0643. The largest absolute Gasteiger partial charge is 0.487 e. The molecule has 1 spiro atoms. The number of piperazine rings is 1. The summed E-state index contributed by atoms with van der Waals surface area (Å²) in [6, 6.07) is 23.4. The highest BCUT2D eigenvalue weighted by Gasteiger charge is 2.54. The van der Waals surface area contributed by atoms with Crippen molar-refractivity contribution in [2.24, 2.45) is 35.5 Å². The second kappa shape index (κ2) is 32.2. The van der Waals surface area contributed by atoms with Crippen molar-refractivity contribution in [3.8, 4) is 11.5 Å². The Hall–Kier alpha value is -5.33. The highest BCUT2D eigenvalue weighted by Crippen LogP contribution is 2.53. The van der Waals surface area contributed by atoms with Crippen LogP contribution in [0.25, 0.3) is 0 Å². The average molecular weight is 1540 g/mol. The lowest BCUT2D eigenvalue weighted by Crippen LogP contribution is -2.62. The van der Waals surface area contributed by atoms with Crippen LogP contribution >= 0.6 is 23.2 Å². The molecule has 2 unspecified atom stereocenters. The van der Waals surface area contributed by atoms with Crippen LogP contribution in [0.4, 0.5) is 15.8 Å². The zero-order valence-electron chi connectivity index (χ0n) is 63.3. The maximum atomic E-state index is 15.1. The minimum Gasteiger partial charge on any atom is -0.487 e. The topological polar surface area (TPSA) is 183 Å². The fourth-order valence-electron chi connectivity index (χ4n) is 20.0. The smallest absolute Gasteiger partial charge is 0.264 e. The molecule has 15 atom stereocenters. The van der Waals surface area contributed by atoms with Crippen LogP contribution in [0.2, 0.25) is 10.0 Å². The maximum absolute atomic E-state index is 15.1. The Balaban J connectivity index is 0.753. The zero-order chi connectivity index (χ0) is 74.5. The van der Waals surface area contributed by atoms with Crippen molar-refractivity contribution in [2.45, 2.75) is 195 Å². The number of piperidine rings is 1. The van der Waals surface area contributed by atoms with Gasteiger partial charge in [0.05, 0.1) is 27.3 Å². The number of benzene rings is 4. The summed E-state index contributed by atoms with van der Waals surface area (Å²) in [5.41, 5.74) is 4.75. The van der Waals surface area contributed by atoms with Crippen LogP contribution in [0.15, 0.2) is 97.1 Å². The number of ether oxygens (including phenoxy) is 4. The van der Waals surface area contributed by atoms with E-state index in [1.807, 2.05) is 76.6 Å². The second-order valence-electron chi connectivity index (χ2n) is 33.4. The molecule has 7 aliphatic heterocycles. The molecule has 3 saturated heterocycles. The number of halogens is 3. The normalized spacial score (nSPS) is 34.4. The number of fused-ring (bicyclic) bond motifs is 8. The SMILES string of the molecule is CO[C@]1(CN2CCCN(C(C)CC3Oc4ccc5cc4N(C[C@@H]4CC[C@H]4[C@](CN4CCN6CC[C@@H](F)C[C@H]6C4)(OC)/C=C/C[C@H](C)[C@@H](C)S(=O)(=O)NC5=O)C[C@@]34CCCc3cc(Cl)ccc34)CC2)/C=C/C[C@H](C)[C@@H](C)S(=O)(=O)NC(=O)c2ccc3c(c2)N(CCCCc2cc(Cl)ccc2CO3)C[C@@H]2CC[C@H]21. The third-order valence-corrected chi connectivity index (χ3v) is 31.4. The summed E-state index contributed by atoms with van der Waals surface area (Å²) >= 11 is 13.5. The fourth-order valence-corrected chi connectivity index (χ4v) is 22.9. The van der Waals surface area contributed by atoms with Gasteiger partial charge in [0, 0.05) is 132 Å². The molecular weight excluding hydrogens is 1420 g/mol. The summed E-state index contributed by atoms with van der Waals surface area (Å²) in [6.07, 6.45) is 20.5. The van der Waals surface area contributed by atoms with Gasteiger partial charge < -0.3 is 28.7 Å². The molecule has 2 saturated carbocycles. The van der Waals surface area contributed by atoms with Crippen molar-refractivity contribution < 1.29 is 49.8 Å². The minimum atomic E-state index is -4.13. The van der Waals surface area contributed by atoms with Crippen molar-refractivity contribution in [1.82, 2.24) is 29.0 Å². The number of carbonyl (C=O) groups excluding carboxylic acids is 2. The molecule has 3 aliphatic carbocycles. The van der Waals surface area contributed by atoms with Gasteiger partial charge >= 0.3 is 0 Å². The van der Waals surface area contributed by atoms with Gasteiger partial charge in [0.25, 0.3) is 11.8 Å². The van der Waals surface area contributed by atoms with Gasteiger partial charge in [-0.1, -0.05) is 73.5 Å². The number of nitrogens with one attached hydrogen (secondary N) is 2. The van der Waals surface area contributed by atoms with Crippen LogP contribution in [-0.2, 0) is 54.4 Å². The standard InChI is InChI=1S/C83H113Cl2FN8O10S2/c1-55-14-10-32-82(101-6,72-25-19-64(72)48-93-35-9-8-16-60-43-67(84)23-18-66(60)51-103-76-28-21-62(45-74(76)93)79(95)87-105(97,98)58(55)4)53-89-34-13-36-91(40-38-89)57(3)42-78-81(31-12-17-61-44-68(85)24-27-71(61)81)52-94-49-65-20-26-73(65)83(102-7,54-90-39-41-92-37-30-69(86)47-70(92)50-90)33-11-15-56(2)59(5)106(99,100)88-80(96)63-22-29-77(104-78)75(94)46-63/h10-11,18,21-24,27-29,32-33,43-46,55-59,64-65,69-70,72-73,78H,8-9,12-17,19-20,25-26,30-31,34-42,47-54H2,1-7H3,(H,87,95)(H,88,96)/b32-10+,33-11+/t55-,56-,57?,58+,59+,64-,65-,69+,70-,72+,73+,78?,81+,82-,83-/m0/s1. The van der Waals surface area contributed by atoms with E-state index in [1.54, 1.807) is 26.0 Å². The average Bonchev–Trinajstić information content (AvgIpc) is 1.40. The number of alkyl halides is 1. The van der Waals surface area contributed by atoms with Crippen molar-refractivity contribution in [2.75, 3.05) is 116 Å². The van der Waals surface area contributed by atoms with Crippen LogP contribution < -0.4 is 28.7 Å². The predicted molar refractivity (Wildman–Crippen MR) is 419 cm³/mol. The van der Waals surface area contributed by atoms with Crippen molar-refractivity contribution in [1.29, 1.82) is 0 Å². The van der Waals surface area contributed by atoms with Gasteiger partial charge in [-0.05, 0) is 249 Å². The van der Waals surface area contributed by atoms with Crippen LogP contribution in [0.5, 0.6) is 11.5 Å². The number of amides is 2. The number of allylic oxidation sites excluding steroid dienone is 2. The molecule has 578 valence electrons. The first-order chi connectivity index (χ1) is 50.9. The van der Waals surface area contributed by atoms with Gasteiger partial charge in [-0.25, -0.2) is 30.7 Å². The van der Waals surface area contributed by atoms with Crippen LogP contribution in [0, 0.1) is 35.5 Å². The third-order valence-electron chi connectivity index (χ3n) is 27.1. The molecule has 4 bridgehead atoms. The van der Waals surface area contributed by atoms with Crippen LogP contribution in [0.3, 0.4) is 0 Å². The summed E-state index contributed by atoms with van der Waals surface area (Å²) in [5.74, 6) is -0.0513. The van der Waals surface area contributed by atoms with Gasteiger partial charge in [0.1, 0.15) is 41.6 Å². The fraction of sp³-hybridized carbons (Fsp3) is 0.639. The second-order valence-corrected chi connectivity index (χ2v) is 38.3. The Morgan fingerprint density at radius 3 is 1.87 bits per heavy atom. The van der Waals surface area contributed by atoms with E-state index in [0.717, 1.165) is 145 Å². The monoisotopic (exact) mass is 1530 g/mol. The lowest BCUT2D eigenvalue weighted by molar-refractivity contribution is -0.101. The maximum Gasteiger partial charge on any atom is 0.264 e. The summed E-state index contributed by atoms with van der Waals surface area (Å²) in [6.45, 7) is 20.4. The Morgan fingerprint density at radius 1 is 0.613 bits per heavy atom. The van der Waals surface area contributed by atoms with E-state index in [-0.39, 0.29) is 64.8 Å². The number of nitrogens with zero attached hydrogens (tertiary/aromatic N) is 6. The predicted octanol–water partition coefficient (Wildman–Crippen LogP) is 13.1. The van der Waals surface area contributed by atoms with Crippen molar-refractivity contribution in [3.63, 3.8) is 0 Å². The van der Waals surface area contributed by atoms with Gasteiger partial charge in [0.2, 0.25) is 20.0 Å². The molecule has 7 heterocycles.